The SMILES string of the molecule is C=C(C)C1CCC2=CC(C[N+](=O)[O-])C[C@@H](C)[C@]2(C)C1. The van der Waals surface area contributed by atoms with Crippen LogP contribution in [0.1, 0.15) is 46.5 Å². The zero-order valence-corrected chi connectivity index (χ0v) is 12.3. The van der Waals surface area contributed by atoms with Crippen LogP contribution >= 0.6 is 0 Å². The van der Waals surface area contributed by atoms with Gasteiger partial charge in [0, 0.05) is 10.8 Å². The van der Waals surface area contributed by atoms with Crippen molar-refractivity contribution >= 4 is 0 Å². The van der Waals surface area contributed by atoms with E-state index in [-0.39, 0.29) is 22.8 Å². The van der Waals surface area contributed by atoms with Crippen LogP contribution < -0.4 is 0 Å². The molecule has 2 aliphatic carbocycles. The van der Waals surface area contributed by atoms with E-state index in [0.717, 1.165) is 19.3 Å². The van der Waals surface area contributed by atoms with Crippen molar-refractivity contribution in [2.75, 3.05) is 6.54 Å². The molecule has 0 amide bonds. The van der Waals surface area contributed by atoms with Crippen molar-refractivity contribution in [1.82, 2.24) is 0 Å². The van der Waals surface area contributed by atoms with E-state index in [2.05, 4.69) is 33.4 Å². The van der Waals surface area contributed by atoms with Crippen LogP contribution in [0.15, 0.2) is 23.8 Å². The Morgan fingerprint density at radius 1 is 1.63 bits per heavy atom. The molecule has 2 rings (SSSR count). The third-order valence-electron chi connectivity index (χ3n) is 5.43. The fourth-order valence-corrected chi connectivity index (χ4v) is 3.96. The number of hydrogen-bond donors (Lipinski definition) is 0. The van der Waals surface area contributed by atoms with Gasteiger partial charge in [-0.1, -0.05) is 37.6 Å². The number of nitro groups is 1. The first-order chi connectivity index (χ1) is 8.83. The Labute approximate surface area is 115 Å². The summed E-state index contributed by atoms with van der Waals surface area (Å²) in [7, 11) is 0. The maximum Gasteiger partial charge on any atom is 0.210 e. The first kappa shape index (κ1) is 14.3. The fourth-order valence-electron chi connectivity index (χ4n) is 3.96. The van der Waals surface area contributed by atoms with Crippen LogP contribution in [0, 0.1) is 33.3 Å². The second kappa shape index (κ2) is 5.10. The molecular weight excluding hydrogens is 238 g/mol. The third-order valence-corrected chi connectivity index (χ3v) is 5.43. The summed E-state index contributed by atoms with van der Waals surface area (Å²) in [6.45, 7) is 11.0. The molecule has 0 N–H and O–H groups in total. The van der Waals surface area contributed by atoms with Crippen LogP contribution in [0.4, 0.5) is 0 Å². The van der Waals surface area contributed by atoms with Crippen LogP contribution in [0.5, 0.6) is 0 Å². The summed E-state index contributed by atoms with van der Waals surface area (Å²) in [5.74, 6) is 1.28. The van der Waals surface area contributed by atoms with Crippen molar-refractivity contribution in [3.05, 3.63) is 33.9 Å². The van der Waals surface area contributed by atoms with Gasteiger partial charge in [-0.2, -0.15) is 0 Å². The second-order valence-electron chi connectivity index (χ2n) is 6.81. The van der Waals surface area contributed by atoms with Gasteiger partial charge in [0.1, 0.15) is 0 Å². The molecule has 1 fully saturated rings. The van der Waals surface area contributed by atoms with E-state index in [0.29, 0.717) is 11.8 Å². The van der Waals surface area contributed by atoms with Crippen LogP contribution in [-0.2, 0) is 0 Å². The molecule has 2 unspecified atom stereocenters. The summed E-state index contributed by atoms with van der Waals surface area (Å²) >= 11 is 0. The molecule has 0 bridgehead atoms. The van der Waals surface area contributed by atoms with Gasteiger partial charge >= 0.3 is 0 Å². The lowest BCUT2D eigenvalue weighted by atomic mass is 9.56. The van der Waals surface area contributed by atoms with Crippen LogP contribution in [0.25, 0.3) is 0 Å². The maximum absolute atomic E-state index is 10.7. The minimum absolute atomic E-state index is 0.0911. The van der Waals surface area contributed by atoms with Crippen molar-refractivity contribution < 1.29 is 4.92 Å². The smallest absolute Gasteiger partial charge is 0.210 e. The summed E-state index contributed by atoms with van der Waals surface area (Å²) < 4.78 is 0. The number of rotatable bonds is 3. The highest BCUT2D eigenvalue weighted by atomic mass is 16.6. The summed E-state index contributed by atoms with van der Waals surface area (Å²) in [6, 6.07) is 0. The van der Waals surface area contributed by atoms with Gasteiger partial charge in [0.25, 0.3) is 0 Å². The summed E-state index contributed by atoms with van der Waals surface area (Å²) in [6.07, 6.45) is 6.59. The number of nitrogens with zero attached hydrogens (tertiary/aromatic N) is 1. The van der Waals surface area contributed by atoms with E-state index in [1.54, 1.807) is 0 Å². The molecule has 0 aliphatic heterocycles. The Morgan fingerprint density at radius 3 is 2.89 bits per heavy atom. The predicted molar refractivity (Wildman–Crippen MR) is 77.5 cm³/mol. The molecule has 4 atom stereocenters. The lowest BCUT2D eigenvalue weighted by Gasteiger charge is -2.48. The Morgan fingerprint density at radius 2 is 2.32 bits per heavy atom. The van der Waals surface area contributed by atoms with Gasteiger partial charge < -0.3 is 0 Å². The molecule has 0 radical (unpaired) electrons. The number of allylic oxidation sites excluding steroid dienone is 2. The van der Waals surface area contributed by atoms with Gasteiger partial charge in [0.05, 0.1) is 0 Å². The standard InChI is InChI=1S/C16H25NO2/c1-11(2)14-5-6-15-8-13(10-17(18)19)7-12(3)16(15,4)9-14/h8,12-14H,1,5-7,9-10H2,2-4H3/t12-,13?,14?,16+/m1/s1. The van der Waals surface area contributed by atoms with E-state index in [9.17, 15) is 10.1 Å². The number of hydrogen-bond acceptors (Lipinski definition) is 2. The molecular formula is C16H25NO2. The zero-order chi connectivity index (χ0) is 14.2. The first-order valence-electron chi connectivity index (χ1n) is 7.31. The lowest BCUT2D eigenvalue weighted by molar-refractivity contribution is -0.486. The van der Waals surface area contributed by atoms with Crippen LogP contribution in [0.2, 0.25) is 0 Å². The minimum Gasteiger partial charge on any atom is -0.265 e. The Balaban J connectivity index is 2.21. The fraction of sp³-hybridized carbons (Fsp3) is 0.750. The minimum atomic E-state index is -0.170. The van der Waals surface area contributed by atoms with E-state index >= 15 is 0 Å². The number of fused-ring (bicyclic) bond motifs is 1. The van der Waals surface area contributed by atoms with Gasteiger partial charge in [0.2, 0.25) is 6.54 Å². The van der Waals surface area contributed by atoms with Crippen molar-refractivity contribution in [1.29, 1.82) is 0 Å². The Bertz CT molecular complexity index is 426. The highest BCUT2D eigenvalue weighted by Crippen LogP contribution is 2.54. The van der Waals surface area contributed by atoms with Crippen molar-refractivity contribution in [2.45, 2.75) is 46.5 Å². The summed E-state index contributed by atoms with van der Waals surface area (Å²) in [5.41, 5.74) is 2.99. The predicted octanol–water partition coefficient (Wildman–Crippen LogP) is 4.23. The van der Waals surface area contributed by atoms with Gasteiger partial charge in [-0.25, -0.2) is 0 Å². The largest absolute Gasteiger partial charge is 0.265 e. The highest BCUT2D eigenvalue weighted by molar-refractivity contribution is 5.24. The molecule has 0 saturated heterocycles. The summed E-state index contributed by atoms with van der Waals surface area (Å²) in [5, 5.41) is 10.7. The summed E-state index contributed by atoms with van der Waals surface area (Å²) in [4.78, 5) is 10.6. The van der Waals surface area contributed by atoms with Crippen molar-refractivity contribution in [3.63, 3.8) is 0 Å². The molecule has 0 aromatic carbocycles. The van der Waals surface area contributed by atoms with E-state index in [1.807, 2.05) is 0 Å². The van der Waals surface area contributed by atoms with Gasteiger partial charge in [0.15, 0.2) is 0 Å². The monoisotopic (exact) mass is 263 g/mol. The molecule has 0 aromatic heterocycles. The molecule has 0 spiro atoms. The van der Waals surface area contributed by atoms with Crippen LogP contribution in [0.3, 0.4) is 0 Å². The molecule has 0 aromatic rings. The van der Waals surface area contributed by atoms with E-state index in [1.165, 1.54) is 17.6 Å². The van der Waals surface area contributed by atoms with Gasteiger partial charge in [-0.15, -0.1) is 0 Å². The average Bonchev–Trinajstić information content (AvgIpc) is 2.29. The highest BCUT2D eigenvalue weighted by Gasteiger charge is 2.44. The molecule has 106 valence electrons. The molecule has 3 nitrogen and oxygen atoms in total. The topological polar surface area (TPSA) is 43.1 Å². The van der Waals surface area contributed by atoms with Crippen molar-refractivity contribution in [3.8, 4) is 0 Å². The zero-order valence-electron chi connectivity index (χ0n) is 12.3. The van der Waals surface area contributed by atoms with Gasteiger partial charge in [-0.3, -0.25) is 10.1 Å². The first-order valence-corrected chi connectivity index (χ1v) is 7.31. The quantitative estimate of drug-likeness (QED) is 0.434. The third kappa shape index (κ3) is 2.75. The normalized spacial score (nSPS) is 38.3. The van der Waals surface area contributed by atoms with Crippen molar-refractivity contribution in [2.24, 2.45) is 23.2 Å². The average molecular weight is 263 g/mol. The van der Waals surface area contributed by atoms with Gasteiger partial charge in [-0.05, 0) is 49.9 Å². The molecule has 3 heteroatoms. The Hall–Kier alpha value is -1.12. The lowest BCUT2D eigenvalue weighted by Crippen LogP contribution is -2.39. The molecule has 19 heavy (non-hydrogen) atoms. The van der Waals surface area contributed by atoms with Crippen LogP contribution in [-0.4, -0.2) is 11.5 Å². The second-order valence-corrected chi connectivity index (χ2v) is 6.81. The van der Waals surface area contributed by atoms with E-state index in [4.69, 9.17) is 0 Å². The van der Waals surface area contributed by atoms with E-state index < -0.39 is 0 Å². The molecule has 0 heterocycles. The maximum atomic E-state index is 10.7. The molecule has 2 aliphatic rings. The molecule has 1 saturated carbocycles. The Kier molecular flexibility index (Phi) is 3.84.